The van der Waals surface area contributed by atoms with E-state index in [4.69, 9.17) is 0 Å². The number of likely N-dealkylation sites (N-methyl/N-ethyl adjacent to an activating group) is 1. The summed E-state index contributed by atoms with van der Waals surface area (Å²) in [6, 6.07) is 4.05. The van der Waals surface area contributed by atoms with Gasteiger partial charge in [0.1, 0.15) is 5.82 Å². The number of pyridine rings is 1. The fourth-order valence-corrected chi connectivity index (χ4v) is 2.33. The fraction of sp³-hybridized carbons (Fsp3) is 0.583. The van der Waals surface area contributed by atoms with E-state index in [2.05, 4.69) is 57.7 Å². The molecular weight excluding hydrogens is 266 g/mol. The fourth-order valence-electron chi connectivity index (χ4n) is 2.00. The SMILES string of the molecule is CN1CCN(c2cc(Br)ccn2)CC1(C)C. The standard InChI is InChI=1S/C12H18BrN3/c1-12(2)9-16(7-6-15(12)3)11-8-10(13)4-5-14-11/h4-5,8H,6-7,9H2,1-3H3. The molecule has 3 nitrogen and oxygen atoms in total. The van der Waals surface area contributed by atoms with Crippen LogP contribution in [0.1, 0.15) is 13.8 Å². The average molecular weight is 284 g/mol. The van der Waals surface area contributed by atoms with E-state index in [9.17, 15) is 0 Å². The molecule has 0 bridgehead atoms. The minimum absolute atomic E-state index is 0.211. The minimum Gasteiger partial charge on any atom is -0.353 e. The molecule has 1 fully saturated rings. The van der Waals surface area contributed by atoms with Crippen LogP contribution in [-0.4, -0.2) is 42.1 Å². The van der Waals surface area contributed by atoms with Crippen LogP contribution in [0.5, 0.6) is 0 Å². The van der Waals surface area contributed by atoms with Gasteiger partial charge in [0.05, 0.1) is 0 Å². The molecule has 0 amide bonds. The molecule has 2 rings (SSSR count). The van der Waals surface area contributed by atoms with Gasteiger partial charge in [-0.2, -0.15) is 0 Å². The van der Waals surface area contributed by atoms with Crippen molar-refractivity contribution in [2.45, 2.75) is 19.4 Å². The average Bonchev–Trinajstić information content (AvgIpc) is 2.22. The van der Waals surface area contributed by atoms with Gasteiger partial charge in [0, 0.05) is 35.8 Å². The summed E-state index contributed by atoms with van der Waals surface area (Å²) in [4.78, 5) is 9.19. The lowest BCUT2D eigenvalue weighted by Crippen LogP contribution is -2.57. The monoisotopic (exact) mass is 283 g/mol. The largest absolute Gasteiger partial charge is 0.353 e. The Balaban J connectivity index is 2.18. The number of hydrogen-bond donors (Lipinski definition) is 0. The van der Waals surface area contributed by atoms with Gasteiger partial charge in [-0.1, -0.05) is 15.9 Å². The highest BCUT2D eigenvalue weighted by Gasteiger charge is 2.31. The second-order valence-corrected chi connectivity index (χ2v) is 5.90. The van der Waals surface area contributed by atoms with Crippen molar-refractivity contribution in [2.24, 2.45) is 0 Å². The second kappa shape index (κ2) is 4.34. The van der Waals surface area contributed by atoms with E-state index in [-0.39, 0.29) is 5.54 Å². The van der Waals surface area contributed by atoms with Crippen LogP contribution >= 0.6 is 15.9 Å². The molecule has 1 aromatic heterocycles. The molecule has 88 valence electrons. The van der Waals surface area contributed by atoms with Crippen LogP contribution in [0, 0.1) is 0 Å². The minimum atomic E-state index is 0.211. The van der Waals surface area contributed by atoms with Crippen molar-refractivity contribution in [3.05, 3.63) is 22.8 Å². The van der Waals surface area contributed by atoms with Gasteiger partial charge in [-0.15, -0.1) is 0 Å². The topological polar surface area (TPSA) is 19.4 Å². The van der Waals surface area contributed by atoms with E-state index in [1.165, 1.54) is 0 Å². The van der Waals surface area contributed by atoms with Crippen LogP contribution in [0.4, 0.5) is 5.82 Å². The number of piperazine rings is 1. The first-order chi connectivity index (χ1) is 7.49. The smallest absolute Gasteiger partial charge is 0.129 e. The third kappa shape index (κ3) is 2.38. The predicted octanol–water partition coefficient (Wildman–Crippen LogP) is 2.37. The van der Waals surface area contributed by atoms with Crippen molar-refractivity contribution in [1.82, 2.24) is 9.88 Å². The van der Waals surface area contributed by atoms with Gasteiger partial charge in [0.15, 0.2) is 0 Å². The molecule has 1 aromatic rings. The van der Waals surface area contributed by atoms with E-state index in [0.717, 1.165) is 29.9 Å². The number of aromatic nitrogens is 1. The highest BCUT2D eigenvalue weighted by atomic mass is 79.9. The normalized spacial score (nSPS) is 21.1. The summed E-state index contributed by atoms with van der Waals surface area (Å²) >= 11 is 3.49. The van der Waals surface area contributed by atoms with Gasteiger partial charge in [0.25, 0.3) is 0 Å². The maximum atomic E-state index is 4.43. The van der Waals surface area contributed by atoms with E-state index >= 15 is 0 Å². The zero-order valence-corrected chi connectivity index (χ0v) is 11.7. The van der Waals surface area contributed by atoms with Crippen LogP contribution in [0.25, 0.3) is 0 Å². The van der Waals surface area contributed by atoms with Gasteiger partial charge >= 0.3 is 0 Å². The molecular formula is C12H18BrN3. The van der Waals surface area contributed by atoms with Gasteiger partial charge in [-0.05, 0) is 33.0 Å². The summed E-state index contributed by atoms with van der Waals surface area (Å²) < 4.78 is 1.09. The van der Waals surface area contributed by atoms with Crippen molar-refractivity contribution >= 4 is 21.7 Å². The zero-order chi connectivity index (χ0) is 11.8. The number of rotatable bonds is 1. The summed E-state index contributed by atoms with van der Waals surface area (Å²) in [6.45, 7) is 7.70. The summed E-state index contributed by atoms with van der Waals surface area (Å²) in [5, 5.41) is 0. The van der Waals surface area contributed by atoms with Crippen molar-refractivity contribution in [1.29, 1.82) is 0 Å². The summed E-state index contributed by atoms with van der Waals surface area (Å²) in [7, 11) is 2.19. The molecule has 0 spiro atoms. The first-order valence-electron chi connectivity index (χ1n) is 5.57. The molecule has 4 heteroatoms. The summed E-state index contributed by atoms with van der Waals surface area (Å²) in [5.74, 6) is 1.07. The molecule has 0 aromatic carbocycles. The lowest BCUT2D eigenvalue weighted by molar-refractivity contribution is 0.138. The van der Waals surface area contributed by atoms with Gasteiger partial charge in [-0.3, -0.25) is 4.90 Å². The molecule has 2 heterocycles. The number of anilines is 1. The third-order valence-electron chi connectivity index (χ3n) is 3.35. The van der Waals surface area contributed by atoms with Crippen molar-refractivity contribution in [3.63, 3.8) is 0 Å². The lowest BCUT2D eigenvalue weighted by atomic mass is 10.00. The number of halogens is 1. The first-order valence-corrected chi connectivity index (χ1v) is 6.36. The Morgan fingerprint density at radius 3 is 2.75 bits per heavy atom. The van der Waals surface area contributed by atoms with Crippen molar-refractivity contribution in [3.8, 4) is 0 Å². The van der Waals surface area contributed by atoms with E-state index in [1.54, 1.807) is 0 Å². The maximum absolute atomic E-state index is 4.43. The highest BCUT2D eigenvalue weighted by molar-refractivity contribution is 9.10. The molecule has 1 aliphatic heterocycles. The van der Waals surface area contributed by atoms with E-state index in [1.807, 2.05) is 12.3 Å². The van der Waals surface area contributed by atoms with Crippen LogP contribution in [-0.2, 0) is 0 Å². The molecule has 1 saturated heterocycles. The van der Waals surface area contributed by atoms with Crippen molar-refractivity contribution < 1.29 is 0 Å². The molecule has 0 unspecified atom stereocenters. The van der Waals surface area contributed by atoms with E-state index < -0.39 is 0 Å². The Labute approximate surface area is 106 Å². The number of nitrogens with zero attached hydrogens (tertiary/aromatic N) is 3. The molecule has 1 aliphatic rings. The molecule has 0 N–H and O–H groups in total. The highest BCUT2D eigenvalue weighted by Crippen LogP contribution is 2.24. The van der Waals surface area contributed by atoms with Crippen LogP contribution in [0.15, 0.2) is 22.8 Å². The van der Waals surface area contributed by atoms with Crippen LogP contribution in [0.2, 0.25) is 0 Å². The van der Waals surface area contributed by atoms with Gasteiger partial charge in [-0.25, -0.2) is 4.98 Å². The molecule has 0 atom stereocenters. The lowest BCUT2D eigenvalue weighted by Gasteiger charge is -2.45. The Kier molecular flexibility index (Phi) is 3.22. The number of hydrogen-bond acceptors (Lipinski definition) is 3. The third-order valence-corrected chi connectivity index (χ3v) is 3.84. The second-order valence-electron chi connectivity index (χ2n) is 4.99. The Hall–Kier alpha value is -0.610. The summed E-state index contributed by atoms with van der Waals surface area (Å²) in [6.07, 6.45) is 1.85. The molecule has 0 saturated carbocycles. The van der Waals surface area contributed by atoms with Crippen LogP contribution < -0.4 is 4.90 Å². The van der Waals surface area contributed by atoms with E-state index in [0.29, 0.717) is 0 Å². The van der Waals surface area contributed by atoms with Gasteiger partial charge in [0.2, 0.25) is 0 Å². The summed E-state index contributed by atoms with van der Waals surface area (Å²) in [5.41, 5.74) is 0.211. The Morgan fingerprint density at radius 1 is 1.38 bits per heavy atom. The predicted molar refractivity (Wildman–Crippen MR) is 70.9 cm³/mol. The first kappa shape index (κ1) is 11.9. The Morgan fingerprint density at radius 2 is 2.12 bits per heavy atom. The molecule has 0 radical (unpaired) electrons. The van der Waals surface area contributed by atoms with Crippen molar-refractivity contribution in [2.75, 3.05) is 31.6 Å². The van der Waals surface area contributed by atoms with Gasteiger partial charge < -0.3 is 4.90 Å². The Bertz CT molecular complexity index is 378. The quantitative estimate of drug-likeness (QED) is 0.789. The van der Waals surface area contributed by atoms with Crippen LogP contribution in [0.3, 0.4) is 0 Å². The molecule has 0 aliphatic carbocycles. The maximum Gasteiger partial charge on any atom is 0.129 e. The molecule has 16 heavy (non-hydrogen) atoms. The zero-order valence-electron chi connectivity index (χ0n) is 10.1.